The smallest absolute Gasteiger partial charge is 0.247 e. The molecule has 7 heteroatoms. The molecule has 1 aromatic carbocycles. The molecule has 0 bridgehead atoms. The molecular formula is C16H16FN3O2S. The summed E-state index contributed by atoms with van der Waals surface area (Å²) in [4.78, 5) is 27.6. The minimum absolute atomic E-state index is 0.0189. The van der Waals surface area contributed by atoms with Gasteiger partial charge in [-0.15, -0.1) is 11.3 Å². The molecule has 23 heavy (non-hydrogen) atoms. The van der Waals surface area contributed by atoms with Crippen molar-refractivity contribution in [3.05, 3.63) is 52.8 Å². The van der Waals surface area contributed by atoms with Gasteiger partial charge in [-0.2, -0.15) is 0 Å². The van der Waals surface area contributed by atoms with Crippen LogP contribution in [0.15, 0.2) is 36.2 Å². The van der Waals surface area contributed by atoms with Gasteiger partial charge in [-0.05, 0) is 30.7 Å². The topological polar surface area (TPSA) is 71.1 Å². The highest BCUT2D eigenvalue weighted by Gasteiger charge is 2.10. The van der Waals surface area contributed by atoms with Crippen LogP contribution in [0.2, 0.25) is 0 Å². The molecular weight excluding hydrogens is 317 g/mol. The third-order valence-corrected chi connectivity index (χ3v) is 3.98. The van der Waals surface area contributed by atoms with Crippen LogP contribution >= 0.6 is 11.3 Å². The van der Waals surface area contributed by atoms with E-state index in [0.717, 1.165) is 17.5 Å². The molecule has 2 rings (SSSR count). The normalized spacial score (nSPS) is 10.2. The third-order valence-electron chi connectivity index (χ3n) is 2.94. The van der Waals surface area contributed by atoms with Crippen molar-refractivity contribution < 1.29 is 14.0 Å². The summed E-state index contributed by atoms with van der Waals surface area (Å²) in [6.45, 7) is 5.30. The maximum Gasteiger partial charge on any atom is 0.247 e. The van der Waals surface area contributed by atoms with Gasteiger partial charge in [0.05, 0.1) is 22.8 Å². The highest BCUT2D eigenvalue weighted by Crippen LogP contribution is 2.20. The summed E-state index contributed by atoms with van der Waals surface area (Å²) in [6, 6.07) is 3.95. The lowest BCUT2D eigenvalue weighted by atomic mass is 10.2. The van der Waals surface area contributed by atoms with E-state index in [9.17, 15) is 14.0 Å². The lowest BCUT2D eigenvalue weighted by Crippen LogP contribution is -2.15. The molecule has 0 spiro atoms. The molecule has 0 aliphatic heterocycles. The van der Waals surface area contributed by atoms with E-state index in [2.05, 4.69) is 22.2 Å². The van der Waals surface area contributed by atoms with Crippen LogP contribution in [0.5, 0.6) is 0 Å². The Morgan fingerprint density at radius 1 is 1.39 bits per heavy atom. The number of halogens is 1. The Morgan fingerprint density at radius 2 is 2.17 bits per heavy atom. The first kappa shape index (κ1) is 16.8. The molecule has 0 unspecified atom stereocenters. The van der Waals surface area contributed by atoms with Crippen LogP contribution in [-0.4, -0.2) is 16.8 Å². The van der Waals surface area contributed by atoms with Gasteiger partial charge in [0.25, 0.3) is 0 Å². The quantitative estimate of drug-likeness (QED) is 0.798. The summed E-state index contributed by atoms with van der Waals surface area (Å²) in [5.74, 6) is -1.38. The van der Waals surface area contributed by atoms with Gasteiger partial charge in [0, 0.05) is 11.1 Å². The van der Waals surface area contributed by atoms with Crippen molar-refractivity contribution >= 4 is 34.5 Å². The van der Waals surface area contributed by atoms with E-state index in [1.165, 1.54) is 29.5 Å². The molecule has 0 aliphatic rings. The largest absolute Gasteiger partial charge is 0.326 e. The maximum absolute atomic E-state index is 13.6. The Bertz CT molecular complexity index is 743. The first-order valence-electron chi connectivity index (χ1n) is 6.98. The molecule has 2 aromatic rings. The predicted molar refractivity (Wildman–Crippen MR) is 89.1 cm³/mol. The van der Waals surface area contributed by atoms with Crippen LogP contribution in [0, 0.1) is 5.82 Å². The number of nitrogens with one attached hydrogen (secondary N) is 2. The number of hydrogen-bond donors (Lipinski definition) is 2. The number of rotatable bonds is 6. The minimum Gasteiger partial charge on any atom is -0.326 e. The molecule has 1 heterocycles. The zero-order valence-electron chi connectivity index (χ0n) is 12.6. The molecule has 2 N–H and O–H groups in total. The van der Waals surface area contributed by atoms with Crippen molar-refractivity contribution in [3.63, 3.8) is 0 Å². The third kappa shape index (κ3) is 4.72. The van der Waals surface area contributed by atoms with Crippen LogP contribution in [0.25, 0.3) is 0 Å². The molecule has 0 saturated carbocycles. The summed E-state index contributed by atoms with van der Waals surface area (Å²) >= 11 is 1.51. The summed E-state index contributed by atoms with van der Waals surface area (Å²) in [5, 5.41) is 7.82. The number of nitrogens with zero attached hydrogens (tertiary/aromatic N) is 1. The monoisotopic (exact) mass is 333 g/mol. The highest BCUT2D eigenvalue weighted by atomic mass is 32.1. The van der Waals surface area contributed by atoms with Crippen molar-refractivity contribution in [2.75, 3.05) is 10.6 Å². The number of aryl methyl sites for hydroxylation is 1. The molecule has 0 fully saturated rings. The Kier molecular flexibility index (Phi) is 5.59. The number of hydrogen-bond acceptors (Lipinski definition) is 4. The van der Waals surface area contributed by atoms with Crippen molar-refractivity contribution in [2.45, 2.75) is 19.8 Å². The van der Waals surface area contributed by atoms with Gasteiger partial charge >= 0.3 is 0 Å². The minimum atomic E-state index is -0.592. The van der Waals surface area contributed by atoms with Gasteiger partial charge in [0.2, 0.25) is 11.8 Å². The zero-order valence-corrected chi connectivity index (χ0v) is 13.4. The van der Waals surface area contributed by atoms with E-state index in [1.54, 1.807) is 0 Å². The second kappa shape index (κ2) is 7.64. The Balaban J connectivity index is 2.04. The molecule has 120 valence electrons. The summed E-state index contributed by atoms with van der Waals surface area (Å²) in [6.07, 6.45) is 2.01. The van der Waals surface area contributed by atoms with Crippen LogP contribution in [-0.2, 0) is 22.4 Å². The number of benzene rings is 1. The standard InChI is InChI=1S/C16H16FN3O2S/c1-3-14(21)20-13-7-10(5-6-12(13)17)18-15(22)8-11-9-23-16(4-2)19-11/h3,5-7,9H,1,4,8H2,2H3,(H,18,22)(H,20,21). The molecule has 0 radical (unpaired) electrons. The summed E-state index contributed by atoms with van der Waals surface area (Å²) < 4.78 is 13.6. The number of aromatic nitrogens is 1. The van der Waals surface area contributed by atoms with E-state index in [0.29, 0.717) is 11.4 Å². The van der Waals surface area contributed by atoms with Crippen LogP contribution in [0.3, 0.4) is 0 Å². The second-order valence-electron chi connectivity index (χ2n) is 4.70. The molecule has 0 aliphatic carbocycles. The first-order chi connectivity index (χ1) is 11.0. The van der Waals surface area contributed by atoms with Gasteiger partial charge in [-0.1, -0.05) is 13.5 Å². The van der Waals surface area contributed by atoms with E-state index in [4.69, 9.17) is 0 Å². The van der Waals surface area contributed by atoms with Gasteiger partial charge in [0.15, 0.2) is 0 Å². The number of amides is 2. The molecule has 2 amide bonds. The Hall–Kier alpha value is -2.54. The van der Waals surface area contributed by atoms with Gasteiger partial charge < -0.3 is 10.6 Å². The summed E-state index contributed by atoms with van der Waals surface area (Å²) in [7, 11) is 0. The van der Waals surface area contributed by atoms with Crippen LogP contribution in [0.4, 0.5) is 15.8 Å². The lowest BCUT2D eigenvalue weighted by Gasteiger charge is -2.08. The van der Waals surface area contributed by atoms with E-state index in [-0.39, 0.29) is 18.0 Å². The van der Waals surface area contributed by atoms with E-state index in [1.807, 2.05) is 12.3 Å². The lowest BCUT2D eigenvalue weighted by molar-refractivity contribution is -0.115. The Morgan fingerprint density at radius 3 is 2.83 bits per heavy atom. The number of thiazole rings is 1. The number of carbonyl (C=O) groups excluding carboxylic acids is 2. The van der Waals surface area contributed by atoms with Crippen molar-refractivity contribution in [3.8, 4) is 0 Å². The Labute approximate surface area is 137 Å². The average Bonchev–Trinajstić information content (AvgIpc) is 2.97. The predicted octanol–water partition coefficient (Wildman–Crippen LogP) is 3.15. The van der Waals surface area contributed by atoms with Crippen LogP contribution in [0.1, 0.15) is 17.6 Å². The second-order valence-corrected chi connectivity index (χ2v) is 5.64. The summed E-state index contributed by atoms with van der Waals surface area (Å²) in [5.41, 5.74) is 1.07. The number of carbonyl (C=O) groups is 2. The van der Waals surface area contributed by atoms with E-state index < -0.39 is 11.7 Å². The average molecular weight is 333 g/mol. The van der Waals surface area contributed by atoms with E-state index >= 15 is 0 Å². The SMILES string of the molecule is C=CC(=O)Nc1cc(NC(=O)Cc2csc(CC)n2)ccc1F. The number of anilines is 2. The van der Waals surface area contributed by atoms with Gasteiger partial charge in [0.1, 0.15) is 5.82 Å². The fraction of sp³-hybridized carbons (Fsp3) is 0.188. The fourth-order valence-electron chi connectivity index (χ4n) is 1.84. The van der Waals surface area contributed by atoms with Gasteiger partial charge in [-0.3, -0.25) is 9.59 Å². The van der Waals surface area contributed by atoms with Crippen molar-refractivity contribution in [1.82, 2.24) is 4.98 Å². The zero-order chi connectivity index (χ0) is 16.8. The molecule has 5 nitrogen and oxygen atoms in total. The highest BCUT2D eigenvalue weighted by molar-refractivity contribution is 7.09. The maximum atomic E-state index is 13.6. The van der Waals surface area contributed by atoms with Crippen molar-refractivity contribution in [2.24, 2.45) is 0 Å². The van der Waals surface area contributed by atoms with Gasteiger partial charge in [-0.25, -0.2) is 9.37 Å². The fourth-order valence-corrected chi connectivity index (χ4v) is 2.59. The first-order valence-corrected chi connectivity index (χ1v) is 7.86. The molecule has 1 aromatic heterocycles. The molecule has 0 saturated heterocycles. The van der Waals surface area contributed by atoms with Crippen molar-refractivity contribution in [1.29, 1.82) is 0 Å². The molecule has 0 atom stereocenters. The van der Waals surface area contributed by atoms with Crippen LogP contribution < -0.4 is 10.6 Å².